The predicted octanol–water partition coefficient (Wildman–Crippen LogP) is 3.01. The second kappa shape index (κ2) is 3.82. The molecule has 1 nitrogen and oxygen atoms in total. The molecule has 1 rings (SSSR count). The fourth-order valence-electron chi connectivity index (χ4n) is 1.83. The van der Waals surface area contributed by atoms with Crippen LogP contribution in [0.2, 0.25) is 0 Å². The van der Waals surface area contributed by atoms with Crippen LogP contribution >= 0.6 is 0 Å². The molecular weight excluding hydrogens is 158 g/mol. The van der Waals surface area contributed by atoms with E-state index < -0.39 is 0 Å². The summed E-state index contributed by atoms with van der Waals surface area (Å²) in [6.45, 7) is 8.63. The lowest BCUT2D eigenvalue weighted by molar-refractivity contribution is 1.06. The smallest absolute Gasteiger partial charge is 0.0381 e. The predicted molar refractivity (Wildman–Crippen MR) is 59.1 cm³/mol. The Balaban J connectivity index is 3.39. The number of hydrogen-bond acceptors (Lipinski definition) is 1. The Hall–Kier alpha value is -0.980. The van der Waals surface area contributed by atoms with E-state index in [2.05, 4.69) is 33.8 Å². The van der Waals surface area contributed by atoms with Crippen molar-refractivity contribution >= 4 is 5.69 Å². The first-order valence-corrected chi connectivity index (χ1v) is 4.99. The van der Waals surface area contributed by atoms with E-state index in [1.807, 2.05) is 0 Å². The molecule has 1 aromatic rings. The molecule has 0 aromatic heterocycles. The lowest BCUT2D eigenvalue weighted by atomic mass is 9.94. The second-order valence-corrected chi connectivity index (χ2v) is 3.58. The topological polar surface area (TPSA) is 26.0 Å². The van der Waals surface area contributed by atoms with E-state index in [1.54, 1.807) is 0 Å². The molecular formula is C12H19N. The van der Waals surface area contributed by atoms with Crippen molar-refractivity contribution < 1.29 is 0 Å². The molecule has 0 radical (unpaired) electrons. The molecule has 2 N–H and O–H groups in total. The van der Waals surface area contributed by atoms with Gasteiger partial charge in [-0.2, -0.15) is 0 Å². The van der Waals surface area contributed by atoms with Crippen molar-refractivity contribution in [3.05, 3.63) is 28.3 Å². The van der Waals surface area contributed by atoms with E-state index in [1.165, 1.54) is 22.3 Å². The van der Waals surface area contributed by atoms with Crippen molar-refractivity contribution in [2.45, 2.75) is 40.5 Å². The Morgan fingerprint density at radius 1 is 1.15 bits per heavy atom. The van der Waals surface area contributed by atoms with Gasteiger partial charge in [0, 0.05) is 5.69 Å². The van der Waals surface area contributed by atoms with Gasteiger partial charge in [0.2, 0.25) is 0 Å². The standard InChI is InChI=1S/C12H19N/c1-5-10-7-8(3)9(4)11(6-2)12(10)13/h7H,5-6,13H2,1-4H3. The van der Waals surface area contributed by atoms with Gasteiger partial charge in [-0.05, 0) is 48.9 Å². The van der Waals surface area contributed by atoms with E-state index in [0.717, 1.165) is 18.5 Å². The average molecular weight is 177 g/mol. The number of rotatable bonds is 2. The average Bonchev–Trinajstić information content (AvgIpc) is 2.12. The molecule has 0 atom stereocenters. The van der Waals surface area contributed by atoms with Crippen LogP contribution < -0.4 is 5.73 Å². The van der Waals surface area contributed by atoms with Crippen LogP contribution in [-0.4, -0.2) is 0 Å². The first kappa shape index (κ1) is 10.1. The summed E-state index contributed by atoms with van der Waals surface area (Å²) in [5, 5.41) is 0. The number of aryl methyl sites for hydroxylation is 2. The van der Waals surface area contributed by atoms with Gasteiger partial charge in [-0.15, -0.1) is 0 Å². The van der Waals surface area contributed by atoms with Crippen LogP contribution in [-0.2, 0) is 12.8 Å². The molecule has 0 amide bonds. The molecule has 0 aliphatic carbocycles. The zero-order chi connectivity index (χ0) is 10.0. The summed E-state index contributed by atoms with van der Waals surface area (Å²) in [5.41, 5.74) is 12.4. The Kier molecular flexibility index (Phi) is 2.97. The third kappa shape index (κ3) is 1.69. The Morgan fingerprint density at radius 3 is 2.23 bits per heavy atom. The summed E-state index contributed by atoms with van der Waals surface area (Å²) in [6.07, 6.45) is 2.06. The van der Waals surface area contributed by atoms with Crippen molar-refractivity contribution in [3.8, 4) is 0 Å². The summed E-state index contributed by atoms with van der Waals surface area (Å²) < 4.78 is 0. The minimum absolute atomic E-state index is 1.01. The van der Waals surface area contributed by atoms with Crippen LogP contribution in [0, 0.1) is 13.8 Å². The Morgan fingerprint density at radius 2 is 1.77 bits per heavy atom. The largest absolute Gasteiger partial charge is 0.398 e. The summed E-state index contributed by atoms with van der Waals surface area (Å²) in [6, 6.07) is 2.21. The van der Waals surface area contributed by atoms with Crippen molar-refractivity contribution in [1.29, 1.82) is 0 Å². The van der Waals surface area contributed by atoms with Gasteiger partial charge in [-0.3, -0.25) is 0 Å². The third-order valence-corrected chi connectivity index (χ3v) is 2.84. The first-order chi connectivity index (χ1) is 6.11. The van der Waals surface area contributed by atoms with E-state index in [9.17, 15) is 0 Å². The van der Waals surface area contributed by atoms with Gasteiger partial charge >= 0.3 is 0 Å². The van der Waals surface area contributed by atoms with E-state index in [-0.39, 0.29) is 0 Å². The Labute approximate surface area is 81.0 Å². The highest BCUT2D eigenvalue weighted by Gasteiger charge is 2.07. The number of hydrogen-bond donors (Lipinski definition) is 1. The fourth-order valence-corrected chi connectivity index (χ4v) is 1.83. The highest BCUT2D eigenvalue weighted by molar-refractivity contribution is 5.59. The van der Waals surface area contributed by atoms with E-state index in [0.29, 0.717) is 0 Å². The fraction of sp³-hybridized carbons (Fsp3) is 0.500. The summed E-state index contributed by atoms with van der Waals surface area (Å²) in [4.78, 5) is 0. The van der Waals surface area contributed by atoms with Crippen LogP contribution in [0.4, 0.5) is 5.69 Å². The molecule has 1 heteroatoms. The zero-order valence-corrected chi connectivity index (χ0v) is 9.07. The lowest BCUT2D eigenvalue weighted by Crippen LogP contribution is -2.02. The maximum atomic E-state index is 6.07. The van der Waals surface area contributed by atoms with Gasteiger partial charge < -0.3 is 5.73 Å². The van der Waals surface area contributed by atoms with Gasteiger partial charge in [-0.1, -0.05) is 19.9 Å². The van der Waals surface area contributed by atoms with Crippen LogP contribution in [0.15, 0.2) is 6.07 Å². The molecule has 0 saturated carbocycles. The Bertz CT molecular complexity index is 313. The molecule has 0 saturated heterocycles. The van der Waals surface area contributed by atoms with Crippen molar-refractivity contribution in [2.24, 2.45) is 0 Å². The van der Waals surface area contributed by atoms with Crippen molar-refractivity contribution in [1.82, 2.24) is 0 Å². The van der Waals surface area contributed by atoms with E-state index in [4.69, 9.17) is 5.73 Å². The monoisotopic (exact) mass is 177 g/mol. The SMILES string of the molecule is CCc1cc(C)c(C)c(CC)c1N. The second-order valence-electron chi connectivity index (χ2n) is 3.58. The number of nitrogens with two attached hydrogens (primary N) is 1. The maximum Gasteiger partial charge on any atom is 0.0381 e. The molecule has 0 spiro atoms. The molecule has 0 aliphatic rings. The normalized spacial score (nSPS) is 10.5. The van der Waals surface area contributed by atoms with Gasteiger partial charge in [0.15, 0.2) is 0 Å². The molecule has 13 heavy (non-hydrogen) atoms. The highest BCUT2D eigenvalue weighted by Crippen LogP contribution is 2.25. The molecule has 0 unspecified atom stereocenters. The molecule has 0 fully saturated rings. The molecule has 0 heterocycles. The molecule has 0 aliphatic heterocycles. The van der Waals surface area contributed by atoms with Gasteiger partial charge in [-0.25, -0.2) is 0 Å². The number of nitrogen functional groups attached to an aromatic ring is 1. The van der Waals surface area contributed by atoms with Gasteiger partial charge in [0.1, 0.15) is 0 Å². The lowest BCUT2D eigenvalue weighted by Gasteiger charge is -2.14. The van der Waals surface area contributed by atoms with Crippen molar-refractivity contribution in [3.63, 3.8) is 0 Å². The summed E-state index contributed by atoms with van der Waals surface area (Å²) in [5.74, 6) is 0. The first-order valence-electron chi connectivity index (χ1n) is 4.99. The third-order valence-electron chi connectivity index (χ3n) is 2.84. The van der Waals surface area contributed by atoms with Crippen molar-refractivity contribution in [2.75, 3.05) is 5.73 Å². The minimum Gasteiger partial charge on any atom is -0.398 e. The van der Waals surface area contributed by atoms with Crippen LogP contribution in [0.1, 0.15) is 36.1 Å². The van der Waals surface area contributed by atoms with Gasteiger partial charge in [0.05, 0.1) is 0 Å². The molecule has 1 aromatic carbocycles. The van der Waals surface area contributed by atoms with Gasteiger partial charge in [0.25, 0.3) is 0 Å². The summed E-state index contributed by atoms with van der Waals surface area (Å²) in [7, 11) is 0. The number of anilines is 1. The van der Waals surface area contributed by atoms with Crippen LogP contribution in [0.25, 0.3) is 0 Å². The maximum absolute atomic E-state index is 6.07. The minimum atomic E-state index is 1.01. The summed E-state index contributed by atoms with van der Waals surface area (Å²) >= 11 is 0. The molecule has 72 valence electrons. The van der Waals surface area contributed by atoms with E-state index >= 15 is 0 Å². The highest BCUT2D eigenvalue weighted by atomic mass is 14.6. The quantitative estimate of drug-likeness (QED) is 0.690. The van der Waals surface area contributed by atoms with Crippen LogP contribution in [0.3, 0.4) is 0 Å². The van der Waals surface area contributed by atoms with Crippen LogP contribution in [0.5, 0.6) is 0 Å². The molecule has 0 bridgehead atoms. The number of benzene rings is 1. The zero-order valence-electron chi connectivity index (χ0n) is 9.07.